The largest absolute Gasteiger partial charge is 0.573 e. The molecular formula is C18H15F3N4O. The Bertz CT molecular complexity index is 879. The molecule has 0 fully saturated rings. The molecule has 8 heteroatoms. The number of hydrogen-bond donors (Lipinski definition) is 1. The fraction of sp³-hybridized carbons (Fsp3) is 0.111. The van der Waals surface area contributed by atoms with Crippen molar-refractivity contribution >= 4 is 0 Å². The Morgan fingerprint density at radius 2 is 1.77 bits per heavy atom. The van der Waals surface area contributed by atoms with Gasteiger partial charge in [-0.05, 0) is 49.4 Å². The Hall–Kier alpha value is -3.31. The molecule has 2 heterocycles. The lowest BCUT2D eigenvalue weighted by molar-refractivity contribution is -0.274. The SMILES string of the molecule is CN.FC(F)(F)Oc1ccc(-n2cc(C#Cc3ccccn3)cn2)cc1. The van der Waals surface area contributed by atoms with Gasteiger partial charge in [0.2, 0.25) is 0 Å². The van der Waals surface area contributed by atoms with Crippen LogP contribution in [0.5, 0.6) is 5.75 Å². The molecule has 0 bridgehead atoms. The van der Waals surface area contributed by atoms with Crippen LogP contribution >= 0.6 is 0 Å². The third-order valence-electron chi connectivity index (χ3n) is 2.92. The molecule has 0 aliphatic carbocycles. The second-order valence-electron chi connectivity index (χ2n) is 4.68. The third kappa shape index (κ3) is 5.65. The van der Waals surface area contributed by atoms with E-state index in [1.54, 1.807) is 30.7 Å². The van der Waals surface area contributed by atoms with E-state index in [2.05, 4.69) is 32.4 Å². The zero-order valence-corrected chi connectivity index (χ0v) is 13.7. The molecule has 0 amide bonds. The summed E-state index contributed by atoms with van der Waals surface area (Å²) in [6.45, 7) is 0. The molecule has 0 aliphatic rings. The van der Waals surface area contributed by atoms with Crippen LogP contribution in [0.15, 0.2) is 61.1 Å². The maximum Gasteiger partial charge on any atom is 0.573 e. The summed E-state index contributed by atoms with van der Waals surface area (Å²) in [5.41, 5.74) is 6.39. The highest BCUT2D eigenvalue weighted by Crippen LogP contribution is 2.23. The summed E-state index contributed by atoms with van der Waals surface area (Å²) in [6.07, 6.45) is 0.186. The van der Waals surface area contributed by atoms with Crippen molar-refractivity contribution in [1.29, 1.82) is 0 Å². The molecule has 26 heavy (non-hydrogen) atoms. The number of nitrogens with two attached hydrogens (primary N) is 1. The quantitative estimate of drug-likeness (QED) is 0.713. The highest BCUT2D eigenvalue weighted by molar-refractivity contribution is 5.41. The summed E-state index contributed by atoms with van der Waals surface area (Å²) in [5.74, 6) is 5.54. The Morgan fingerprint density at radius 1 is 1.04 bits per heavy atom. The van der Waals surface area contributed by atoms with Crippen LogP contribution in [0.2, 0.25) is 0 Å². The van der Waals surface area contributed by atoms with E-state index in [4.69, 9.17) is 0 Å². The molecule has 2 aromatic heterocycles. The van der Waals surface area contributed by atoms with Crippen LogP contribution in [0.25, 0.3) is 5.69 Å². The Kier molecular flexibility index (Phi) is 6.36. The van der Waals surface area contributed by atoms with Crippen LogP contribution in [0.4, 0.5) is 13.2 Å². The number of aromatic nitrogens is 3. The third-order valence-corrected chi connectivity index (χ3v) is 2.92. The highest BCUT2D eigenvalue weighted by Gasteiger charge is 2.30. The molecule has 2 N–H and O–H groups in total. The molecule has 134 valence electrons. The minimum Gasteiger partial charge on any atom is -0.406 e. The lowest BCUT2D eigenvalue weighted by Crippen LogP contribution is -2.17. The van der Waals surface area contributed by atoms with E-state index in [1.165, 1.54) is 36.0 Å². The molecule has 5 nitrogen and oxygen atoms in total. The number of hydrogen-bond acceptors (Lipinski definition) is 4. The first kappa shape index (κ1) is 19.0. The van der Waals surface area contributed by atoms with Crippen molar-refractivity contribution in [2.75, 3.05) is 7.05 Å². The number of ether oxygens (including phenoxy) is 1. The van der Waals surface area contributed by atoms with E-state index in [0.717, 1.165) is 0 Å². The van der Waals surface area contributed by atoms with E-state index in [1.807, 2.05) is 6.07 Å². The molecule has 0 radical (unpaired) electrons. The smallest absolute Gasteiger partial charge is 0.406 e. The predicted molar refractivity (Wildman–Crippen MR) is 90.6 cm³/mol. The minimum atomic E-state index is -4.71. The number of alkyl halides is 3. The normalized spacial score (nSPS) is 10.2. The maximum atomic E-state index is 12.1. The Labute approximate surface area is 148 Å². The van der Waals surface area contributed by atoms with Gasteiger partial charge in [0, 0.05) is 12.4 Å². The van der Waals surface area contributed by atoms with E-state index < -0.39 is 6.36 Å². The predicted octanol–water partition coefficient (Wildman–Crippen LogP) is 3.14. The van der Waals surface area contributed by atoms with Crippen LogP contribution in [0, 0.1) is 11.8 Å². The monoisotopic (exact) mass is 360 g/mol. The number of pyridine rings is 1. The summed E-state index contributed by atoms with van der Waals surface area (Å²) in [5, 5.41) is 4.13. The van der Waals surface area contributed by atoms with Gasteiger partial charge in [0.25, 0.3) is 0 Å². The van der Waals surface area contributed by atoms with Crippen LogP contribution in [0.3, 0.4) is 0 Å². The molecule has 0 saturated heterocycles. The minimum absolute atomic E-state index is 0.284. The van der Waals surface area contributed by atoms with Crippen molar-refractivity contribution < 1.29 is 17.9 Å². The number of halogens is 3. The van der Waals surface area contributed by atoms with Gasteiger partial charge in [-0.3, -0.25) is 0 Å². The van der Waals surface area contributed by atoms with Gasteiger partial charge in [0.15, 0.2) is 0 Å². The van der Waals surface area contributed by atoms with Crippen molar-refractivity contribution in [2.45, 2.75) is 6.36 Å². The van der Waals surface area contributed by atoms with Crippen molar-refractivity contribution in [1.82, 2.24) is 14.8 Å². The van der Waals surface area contributed by atoms with Crippen LogP contribution in [-0.2, 0) is 0 Å². The zero-order chi connectivity index (χ0) is 19.0. The van der Waals surface area contributed by atoms with Gasteiger partial charge in [-0.25, -0.2) is 9.67 Å². The fourth-order valence-electron chi connectivity index (χ4n) is 1.90. The highest BCUT2D eigenvalue weighted by atomic mass is 19.4. The molecule has 3 aromatic rings. The maximum absolute atomic E-state index is 12.1. The number of nitrogens with zero attached hydrogens (tertiary/aromatic N) is 3. The van der Waals surface area contributed by atoms with Crippen molar-refractivity contribution in [3.05, 3.63) is 72.3 Å². The molecule has 0 atom stereocenters. The summed E-state index contributed by atoms with van der Waals surface area (Å²) < 4.78 is 41.7. The van der Waals surface area contributed by atoms with Gasteiger partial charge in [0.1, 0.15) is 11.4 Å². The van der Waals surface area contributed by atoms with Crippen LogP contribution in [-0.4, -0.2) is 28.2 Å². The molecule has 0 spiro atoms. The fourth-order valence-corrected chi connectivity index (χ4v) is 1.90. The van der Waals surface area contributed by atoms with Crippen molar-refractivity contribution in [3.63, 3.8) is 0 Å². The molecular weight excluding hydrogens is 345 g/mol. The lowest BCUT2D eigenvalue weighted by Gasteiger charge is -2.09. The van der Waals surface area contributed by atoms with Gasteiger partial charge in [0.05, 0.1) is 17.4 Å². The van der Waals surface area contributed by atoms with Gasteiger partial charge >= 0.3 is 6.36 Å². The zero-order valence-electron chi connectivity index (χ0n) is 13.7. The van der Waals surface area contributed by atoms with Crippen LogP contribution < -0.4 is 10.5 Å². The standard InChI is InChI=1S/C17H10F3N3O.CH5N/c18-17(19,20)24-16-8-6-15(7-9-16)23-12-13(11-22-23)4-5-14-3-1-2-10-21-14;1-2/h1-3,6-12H;2H2,1H3. The average Bonchev–Trinajstić information content (AvgIpc) is 3.11. The topological polar surface area (TPSA) is 66.0 Å². The number of benzene rings is 1. The first-order valence-electron chi connectivity index (χ1n) is 7.41. The Morgan fingerprint density at radius 3 is 2.38 bits per heavy atom. The van der Waals surface area contributed by atoms with E-state index in [-0.39, 0.29) is 5.75 Å². The molecule has 0 unspecified atom stereocenters. The first-order valence-corrected chi connectivity index (χ1v) is 7.41. The van der Waals surface area contributed by atoms with Gasteiger partial charge in [-0.1, -0.05) is 12.0 Å². The average molecular weight is 360 g/mol. The van der Waals surface area contributed by atoms with Gasteiger partial charge < -0.3 is 10.5 Å². The molecule has 3 rings (SSSR count). The second-order valence-corrected chi connectivity index (χ2v) is 4.68. The van der Waals surface area contributed by atoms with Crippen molar-refractivity contribution in [2.24, 2.45) is 5.73 Å². The van der Waals surface area contributed by atoms with E-state index in [0.29, 0.717) is 16.9 Å². The van der Waals surface area contributed by atoms with E-state index >= 15 is 0 Å². The molecule has 0 saturated carbocycles. The first-order chi connectivity index (χ1) is 12.5. The molecule has 1 aromatic carbocycles. The number of rotatable bonds is 2. The van der Waals surface area contributed by atoms with Gasteiger partial charge in [-0.15, -0.1) is 13.2 Å². The van der Waals surface area contributed by atoms with Crippen molar-refractivity contribution in [3.8, 4) is 23.3 Å². The van der Waals surface area contributed by atoms with Crippen LogP contribution in [0.1, 0.15) is 11.3 Å². The summed E-state index contributed by atoms with van der Waals surface area (Å²) in [6, 6.07) is 10.8. The molecule has 0 aliphatic heterocycles. The van der Waals surface area contributed by atoms with Gasteiger partial charge in [-0.2, -0.15) is 5.10 Å². The Balaban J connectivity index is 0.00000117. The summed E-state index contributed by atoms with van der Waals surface area (Å²) in [7, 11) is 1.50. The summed E-state index contributed by atoms with van der Waals surface area (Å²) >= 11 is 0. The second kappa shape index (κ2) is 8.69. The van der Waals surface area contributed by atoms with E-state index in [9.17, 15) is 13.2 Å². The summed E-state index contributed by atoms with van der Waals surface area (Å²) in [4.78, 5) is 4.09. The lowest BCUT2D eigenvalue weighted by atomic mass is 10.3.